The largest absolute Gasteiger partial charge is 0.463 e. The van der Waals surface area contributed by atoms with E-state index in [0.717, 1.165) is 25.0 Å². The molecule has 2 aromatic rings. The lowest BCUT2D eigenvalue weighted by molar-refractivity contribution is -0.158. The predicted molar refractivity (Wildman–Crippen MR) is 95.1 cm³/mol. The lowest BCUT2D eigenvalue weighted by atomic mass is 9.86. The maximum atomic E-state index is 12.3. The maximum absolute atomic E-state index is 12.3. The molecule has 0 amide bonds. The van der Waals surface area contributed by atoms with Gasteiger partial charge >= 0.3 is 5.97 Å². The lowest BCUT2D eigenvalue weighted by Crippen LogP contribution is -2.38. The summed E-state index contributed by atoms with van der Waals surface area (Å²) in [6.45, 7) is 8.63. The summed E-state index contributed by atoms with van der Waals surface area (Å²) in [5.74, 6) is -0.200. The van der Waals surface area contributed by atoms with Crippen molar-refractivity contribution in [3.8, 4) is 0 Å². The second kappa shape index (κ2) is 6.60. The van der Waals surface area contributed by atoms with Crippen molar-refractivity contribution in [3.05, 3.63) is 35.0 Å². The summed E-state index contributed by atoms with van der Waals surface area (Å²) in [6.07, 6.45) is 2.74. The number of rotatable bonds is 5. The first-order valence-electron chi connectivity index (χ1n) is 8.97. The number of carbonyl (C=O) groups excluding carboxylic acids is 1. The van der Waals surface area contributed by atoms with Gasteiger partial charge in [-0.2, -0.15) is 0 Å². The zero-order valence-corrected chi connectivity index (χ0v) is 15.1. The Labute approximate surface area is 143 Å². The first-order chi connectivity index (χ1) is 11.5. The van der Waals surface area contributed by atoms with Gasteiger partial charge in [0.05, 0.1) is 24.8 Å². The van der Waals surface area contributed by atoms with Crippen molar-refractivity contribution in [2.45, 2.75) is 65.1 Å². The van der Waals surface area contributed by atoms with Gasteiger partial charge < -0.3 is 14.5 Å². The zero-order chi connectivity index (χ0) is 17.3. The Bertz CT molecular complexity index is 747. The van der Waals surface area contributed by atoms with E-state index in [9.17, 15) is 4.79 Å². The average molecular weight is 329 g/mol. The Morgan fingerprint density at radius 1 is 1.38 bits per heavy atom. The number of benzene rings is 1. The van der Waals surface area contributed by atoms with Crippen molar-refractivity contribution < 1.29 is 14.3 Å². The molecular formula is C20H27NO3. The number of ether oxygens (including phenoxy) is 2. The number of aryl methyl sites for hydroxylation is 1. The quantitative estimate of drug-likeness (QED) is 0.834. The highest BCUT2D eigenvalue weighted by atomic mass is 16.5. The van der Waals surface area contributed by atoms with E-state index in [2.05, 4.69) is 37.0 Å². The fourth-order valence-corrected chi connectivity index (χ4v) is 3.78. The molecule has 0 aliphatic carbocycles. The third-order valence-corrected chi connectivity index (χ3v) is 4.96. The summed E-state index contributed by atoms with van der Waals surface area (Å²) in [4.78, 5) is 15.9. The Morgan fingerprint density at radius 3 is 2.83 bits per heavy atom. The molecule has 1 aromatic heterocycles. The normalized spacial score (nSPS) is 20.4. The van der Waals surface area contributed by atoms with Gasteiger partial charge in [-0.1, -0.05) is 32.0 Å². The number of fused-ring (bicyclic) bond motifs is 3. The van der Waals surface area contributed by atoms with Crippen LogP contribution in [0.2, 0.25) is 0 Å². The van der Waals surface area contributed by atoms with Crippen LogP contribution in [-0.4, -0.2) is 23.7 Å². The third kappa shape index (κ3) is 2.84. The Hall–Kier alpha value is -1.81. The molecule has 0 saturated carbocycles. The van der Waals surface area contributed by atoms with Crippen molar-refractivity contribution in [2.75, 3.05) is 6.61 Å². The van der Waals surface area contributed by atoms with Gasteiger partial charge in [0.2, 0.25) is 0 Å². The molecule has 1 N–H and O–H groups in total. The van der Waals surface area contributed by atoms with E-state index in [1.807, 2.05) is 13.8 Å². The van der Waals surface area contributed by atoms with Crippen LogP contribution < -0.4 is 0 Å². The summed E-state index contributed by atoms with van der Waals surface area (Å²) in [5.41, 5.74) is 4.24. The summed E-state index contributed by atoms with van der Waals surface area (Å²) >= 11 is 0. The molecule has 1 unspecified atom stereocenters. The number of aromatic amines is 1. The van der Waals surface area contributed by atoms with Gasteiger partial charge in [-0.05, 0) is 44.2 Å². The molecule has 1 aliphatic heterocycles. The molecule has 4 nitrogen and oxygen atoms in total. The number of carbonyl (C=O) groups is 1. The minimum absolute atomic E-state index is 0.108. The highest BCUT2D eigenvalue weighted by molar-refractivity contribution is 5.88. The van der Waals surface area contributed by atoms with Gasteiger partial charge in [0.1, 0.15) is 5.60 Å². The van der Waals surface area contributed by atoms with Crippen LogP contribution in [0.4, 0.5) is 0 Å². The number of nitrogens with one attached hydrogen (secondary N) is 1. The van der Waals surface area contributed by atoms with Gasteiger partial charge in [0, 0.05) is 10.9 Å². The van der Waals surface area contributed by atoms with Gasteiger partial charge in [-0.15, -0.1) is 0 Å². The van der Waals surface area contributed by atoms with E-state index >= 15 is 0 Å². The van der Waals surface area contributed by atoms with Crippen molar-refractivity contribution in [3.63, 3.8) is 0 Å². The van der Waals surface area contributed by atoms with Crippen LogP contribution in [0.1, 0.15) is 57.4 Å². The SMILES string of the molecule is CCc1cccc2c3c([nH]c12)C(CC)(CC(=O)OC(C)C)OCC3. The van der Waals surface area contributed by atoms with Crippen LogP contribution in [0.5, 0.6) is 0 Å². The van der Waals surface area contributed by atoms with Crippen molar-refractivity contribution in [1.29, 1.82) is 0 Å². The van der Waals surface area contributed by atoms with E-state index < -0.39 is 5.60 Å². The first kappa shape index (κ1) is 17.0. The molecule has 1 aliphatic rings. The van der Waals surface area contributed by atoms with Crippen LogP contribution >= 0.6 is 0 Å². The molecule has 0 fully saturated rings. The van der Waals surface area contributed by atoms with E-state index in [0.29, 0.717) is 6.61 Å². The summed E-state index contributed by atoms with van der Waals surface area (Å²) in [6, 6.07) is 6.44. The smallest absolute Gasteiger partial charge is 0.309 e. The number of para-hydroxylation sites is 1. The van der Waals surface area contributed by atoms with Crippen LogP contribution in [0.15, 0.2) is 18.2 Å². The molecule has 130 valence electrons. The van der Waals surface area contributed by atoms with E-state index in [4.69, 9.17) is 9.47 Å². The molecule has 1 aromatic carbocycles. The van der Waals surface area contributed by atoms with Crippen molar-refractivity contribution in [1.82, 2.24) is 4.98 Å². The molecule has 0 radical (unpaired) electrons. The molecule has 3 rings (SSSR count). The number of hydrogen-bond acceptors (Lipinski definition) is 3. The van der Waals surface area contributed by atoms with Crippen LogP contribution in [-0.2, 0) is 32.7 Å². The highest BCUT2D eigenvalue weighted by Gasteiger charge is 2.41. The molecule has 24 heavy (non-hydrogen) atoms. The fraction of sp³-hybridized carbons (Fsp3) is 0.550. The summed E-state index contributed by atoms with van der Waals surface area (Å²) in [7, 11) is 0. The molecule has 0 bridgehead atoms. The minimum atomic E-state index is -0.608. The molecule has 0 saturated heterocycles. The Balaban J connectivity index is 2.07. The van der Waals surface area contributed by atoms with Crippen LogP contribution in [0.3, 0.4) is 0 Å². The summed E-state index contributed by atoms with van der Waals surface area (Å²) in [5, 5.41) is 1.27. The number of H-pyrrole nitrogens is 1. The number of aromatic nitrogens is 1. The van der Waals surface area contributed by atoms with Gasteiger partial charge in [0.25, 0.3) is 0 Å². The highest BCUT2D eigenvalue weighted by Crippen LogP contribution is 2.42. The van der Waals surface area contributed by atoms with Crippen molar-refractivity contribution >= 4 is 16.9 Å². The van der Waals surface area contributed by atoms with Crippen LogP contribution in [0.25, 0.3) is 10.9 Å². The second-order valence-corrected chi connectivity index (χ2v) is 6.83. The topological polar surface area (TPSA) is 51.3 Å². The molecule has 2 heterocycles. The average Bonchev–Trinajstić information content (AvgIpc) is 2.94. The molecule has 1 atom stereocenters. The van der Waals surface area contributed by atoms with Crippen molar-refractivity contribution in [2.24, 2.45) is 0 Å². The second-order valence-electron chi connectivity index (χ2n) is 6.83. The van der Waals surface area contributed by atoms with Gasteiger partial charge in [-0.25, -0.2) is 0 Å². The van der Waals surface area contributed by atoms with E-state index in [1.165, 1.54) is 22.0 Å². The van der Waals surface area contributed by atoms with E-state index in [1.54, 1.807) is 0 Å². The van der Waals surface area contributed by atoms with E-state index in [-0.39, 0.29) is 18.5 Å². The standard InChI is InChI=1S/C20H27NO3/c1-5-14-8-7-9-15-16-10-11-23-20(6-2,19(16)21-18(14)15)12-17(22)24-13(3)4/h7-9,13,21H,5-6,10-12H2,1-4H3. The predicted octanol–water partition coefficient (Wildman–Crippen LogP) is 4.25. The molecule has 0 spiro atoms. The summed E-state index contributed by atoms with van der Waals surface area (Å²) < 4.78 is 11.5. The number of esters is 1. The zero-order valence-electron chi connectivity index (χ0n) is 15.1. The lowest BCUT2D eigenvalue weighted by Gasteiger charge is -2.36. The Kier molecular flexibility index (Phi) is 4.68. The minimum Gasteiger partial charge on any atom is -0.463 e. The Morgan fingerprint density at radius 2 is 2.17 bits per heavy atom. The fourth-order valence-electron chi connectivity index (χ4n) is 3.78. The number of hydrogen-bond donors (Lipinski definition) is 1. The molecule has 4 heteroatoms. The maximum Gasteiger partial charge on any atom is 0.309 e. The third-order valence-electron chi connectivity index (χ3n) is 4.96. The monoisotopic (exact) mass is 329 g/mol. The van der Waals surface area contributed by atoms with Gasteiger partial charge in [-0.3, -0.25) is 4.79 Å². The molecular weight excluding hydrogens is 302 g/mol. The first-order valence-corrected chi connectivity index (χ1v) is 8.97. The van der Waals surface area contributed by atoms with Gasteiger partial charge in [0.15, 0.2) is 0 Å². The van der Waals surface area contributed by atoms with Crippen LogP contribution in [0, 0.1) is 0 Å².